The summed E-state index contributed by atoms with van der Waals surface area (Å²) < 4.78 is 42.9. The number of nitrogens with zero attached hydrogens (tertiary/aromatic N) is 1. The van der Waals surface area contributed by atoms with Gasteiger partial charge in [-0.25, -0.2) is 0 Å². The van der Waals surface area contributed by atoms with Gasteiger partial charge in [0.15, 0.2) is 0 Å². The van der Waals surface area contributed by atoms with Gasteiger partial charge >= 0.3 is 5.51 Å². The van der Waals surface area contributed by atoms with Crippen LogP contribution in [0.15, 0.2) is 58.4 Å². The highest BCUT2D eigenvalue weighted by atomic mass is 32.2. The fourth-order valence-electron chi connectivity index (χ4n) is 3.82. The monoisotopic (exact) mass is 507 g/mol. The fourth-order valence-corrected chi connectivity index (χ4v) is 4.36. The van der Waals surface area contributed by atoms with Crippen LogP contribution in [-0.2, 0) is 6.61 Å². The van der Waals surface area contributed by atoms with Crippen molar-refractivity contribution < 1.29 is 17.9 Å². The fraction of sp³-hybridized carbons (Fsp3) is 0.552. The molecule has 0 fully saturated rings. The van der Waals surface area contributed by atoms with Gasteiger partial charge in [-0.3, -0.25) is 4.99 Å². The molecule has 0 heterocycles. The predicted molar refractivity (Wildman–Crippen MR) is 143 cm³/mol. The summed E-state index contributed by atoms with van der Waals surface area (Å²) in [5, 5.41) is 0. The molecule has 0 aliphatic carbocycles. The third-order valence-corrected chi connectivity index (χ3v) is 6.56. The van der Waals surface area contributed by atoms with Gasteiger partial charge in [0.1, 0.15) is 12.4 Å². The standard InChI is InChI=1S/C29H40F3NOS/c1-2-3-4-5-6-7-8-9-10-11-12-13-22-33-23-25-14-18-27(19-15-25)34-24-26-16-20-28(21-17-26)35-29(30,31)32/h14-21,23H,2-13,22,24H2,1H3/b33-23+. The van der Waals surface area contributed by atoms with Gasteiger partial charge in [0.2, 0.25) is 0 Å². The molecule has 6 heteroatoms. The number of hydrogen-bond acceptors (Lipinski definition) is 3. The van der Waals surface area contributed by atoms with Crippen LogP contribution < -0.4 is 4.74 Å². The Hall–Kier alpha value is -1.95. The molecule has 2 aromatic rings. The number of unbranched alkanes of at least 4 members (excludes halogenated alkanes) is 11. The Morgan fingerprint density at radius 1 is 0.743 bits per heavy atom. The molecule has 0 unspecified atom stereocenters. The van der Waals surface area contributed by atoms with Crippen LogP contribution in [0.4, 0.5) is 13.2 Å². The molecule has 0 radical (unpaired) electrons. The van der Waals surface area contributed by atoms with E-state index in [0.29, 0.717) is 6.61 Å². The lowest BCUT2D eigenvalue weighted by Gasteiger charge is -2.08. The first-order valence-corrected chi connectivity index (χ1v) is 13.9. The van der Waals surface area contributed by atoms with Crippen molar-refractivity contribution in [3.05, 3.63) is 59.7 Å². The van der Waals surface area contributed by atoms with Gasteiger partial charge in [-0.1, -0.05) is 89.7 Å². The summed E-state index contributed by atoms with van der Waals surface area (Å²) in [6.07, 6.45) is 18.0. The van der Waals surface area contributed by atoms with E-state index in [9.17, 15) is 13.2 Å². The van der Waals surface area contributed by atoms with Crippen LogP contribution in [0.25, 0.3) is 0 Å². The van der Waals surface area contributed by atoms with Crippen molar-refractivity contribution in [3.8, 4) is 5.75 Å². The average Bonchev–Trinajstić information content (AvgIpc) is 2.83. The first kappa shape index (κ1) is 29.3. The molecule has 0 spiro atoms. The zero-order chi connectivity index (χ0) is 25.2. The van der Waals surface area contributed by atoms with E-state index in [1.54, 1.807) is 12.1 Å². The third kappa shape index (κ3) is 14.9. The molecule has 194 valence electrons. The highest BCUT2D eigenvalue weighted by molar-refractivity contribution is 8.00. The quantitative estimate of drug-likeness (QED) is 0.114. The van der Waals surface area contributed by atoms with E-state index in [2.05, 4.69) is 11.9 Å². The lowest BCUT2D eigenvalue weighted by Crippen LogP contribution is -1.99. The molecular weight excluding hydrogens is 467 g/mol. The molecule has 0 aliphatic rings. The average molecular weight is 508 g/mol. The SMILES string of the molecule is CCCCCCCCCCCCCC/N=C/c1ccc(OCc2ccc(SC(F)(F)F)cc2)cc1. The molecule has 2 aromatic carbocycles. The predicted octanol–water partition coefficient (Wildman–Crippen LogP) is 10.00. The van der Waals surface area contributed by atoms with E-state index in [1.165, 1.54) is 82.8 Å². The number of thioether (sulfide) groups is 1. The van der Waals surface area contributed by atoms with Gasteiger partial charge in [0.25, 0.3) is 0 Å². The summed E-state index contributed by atoms with van der Waals surface area (Å²) in [5.41, 5.74) is -2.41. The number of hydrogen-bond donors (Lipinski definition) is 0. The molecule has 2 nitrogen and oxygen atoms in total. The number of ether oxygens (including phenoxy) is 1. The van der Waals surface area contributed by atoms with Crippen molar-refractivity contribution in [1.29, 1.82) is 0 Å². The molecule has 0 saturated carbocycles. The van der Waals surface area contributed by atoms with Crippen LogP contribution in [0.1, 0.15) is 95.1 Å². The van der Waals surface area contributed by atoms with Crippen molar-refractivity contribution in [2.75, 3.05) is 6.54 Å². The highest BCUT2D eigenvalue weighted by Crippen LogP contribution is 2.36. The second kappa shape index (κ2) is 17.5. The second-order valence-corrected chi connectivity index (χ2v) is 10.1. The smallest absolute Gasteiger partial charge is 0.446 e. The Balaban J connectivity index is 1.52. The number of alkyl halides is 3. The third-order valence-electron chi connectivity index (χ3n) is 5.82. The van der Waals surface area contributed by atoms with Crippen LogP contribution in [0.3, 0.4) is 0 Å². The summed E-state index contributed by atoms with van der Waals surface area (Å²) >= 11 is -0.110. The van der Waals surface area contributed by atoms with Crippen molar-refractivity contribution in [3.63, 3.8) is 0 Å². The van der Waals surface area contributed by atoms with E-state index in [0.717, 1.165) is 29.8 Å². The number of benzene rings is 2. The van der Waals surface area contributed by atoms with Crippen LogP contribution in [0.2, 0.25) is 0 Å². The highest BCUT2D eigenvalue weighted by Gasteiger charge is 2.28. The Morgan fingerprint density at radius 2 is 1.29 bits per heavy atom. The van der Waals surface area contributed by atoms with Gasteiger partial charge in [-0.05, 0) is 65.7 Å². The van der Waals surface area contributed by atoms with Gasteiger partial charge in [-0.2, -0.15) is 13.2 Å². The molecule has 0 aromatic heterocycles. The first-order valence-electron chi connectivity index (χ1n) is 13.0. The van der Waals surface area contributed by atoms with E-state index in [-0.39, 0.29) is 16.7 Å². The van der Waals surface area contributed by atoms with Crippen LogP contribution in [-0.4, -0.2) is 18.3 Å². The molecule has 0 N–H and O–H groups in total. The minimum Gasteiger partial charge on any atom is -0.489 e. The maximum atomic E-state index is 12.4. The maximum Gasteiger partial charge on any atom is 0.446 e. The van der Waals surface area contributed by atoms with E-state index in [4.69, 9.17) is 4.74 Å². The normalized spacial score (nSPS) is 11.9. The Morgan fingerprint density at radius 3 is 1.83 bits per heavy atom. The summed E-state index contributed by atoms with van der Waals surface area (Å²) in [4.78, 5) is 4.71. The van der Waals surface area contributed by atoms with Gasteiger partial charge < -0.3 is 4.74 Å². The summed E-state index contributed by atoms with van der Waals surface area (Å²) in [6, 6.07) is 13.9. The molecule has 0 amide bonds. The number of aliphatic imine (C=N–C) groups is 1. The van der Waals surface area contributed by atoms with Crippen LogP contribution in [0.5, 0.6) is 5.75 Å². The minimum absolute atomic E-state index is 0.110. The van der Waals surface area contributed by atoms with E-state index < -0.39 is 5.51 Å². The van der Waals surface area contributed by atoms with Crippen molar-refractivity contribution in [2.45, 2.75) is 101 Å². The molecule has 2 rings (SSSR count). The van der Waals surface area contributed by atoms with Crippen molar-refractivity contribution in [2.24, 2.45) is 4.99 Å². The van der Waals surface area contributed by atoms with Crippen molar-refractivity contribution in [1.82, 2.24) is 0 Å². The molecule has 35 heavy (non-hydrogen) atoms. The molecule has 0 saturated heterocycles. The summed E-state index contributed by atoms with van der Waals surface area (Å²) in [5.74, 6) is 0.719. The summed E-state index contributed by atoms with van der Waals surface area (Å²) in [7, 11) is 0. The zero-order valence-electron chi connectivity index (χ0n) is 21.0. The first-order chi connectivity index (χ1) is 17.0. The van der Waals surface area contributed by atoms with Gasteiger partial charge in [-0.15, -0.1) is 0 Å². The minimum atomic E-state index is -4.27. The Labute approximate surface area is 213 Å². The van der Waals surface area contributed by atoms with Crippen LogP contribution in [0, 0.1) is 0 Å². The molecule has 0 atom stereocenters. The summed E-state index contributed by atoms with van der Waals surface area (Å²) in [6.45, 7) is 3.43. The Bertz CT molecular complexity index is 819. The topological polar surface area (TPSA) is 21.6 Å². The number of rotatable bonds is 18. The second-order valence-electron chi connectivity index (χ2n) is 8.97. The molecule has 0 bridgehead atoms. The zero-order valence-corrected chi connectivity index (χ0v) is 21.8. The Kier molecular flexibility index (Phi) is 14.6. The lowest BCUT2D eigenvalue weighted by molar-refractivity contribution is -0.0328. The van der Waals surface area contributed by atoms with Gasteiger partial charge in [0.05, 0.1) is 0 Å². The lowest BCUT2D eigenvalue weighted by atomic mass is 10.1. The molecular formula is C29H40F3NOS. The number of halogens is 3. The maximum absolute atomic E-state index is 12.4. The van der Waals surface area contributed by atoms with E-state index >= 15 is 0 Å². The molecule has 0 aliphatic heterocycles. The van der Waals surface area contributed by atoms with E-state index in [1.807, 2.05) is 30.5 Å². The van der Waals surface area contributed by atoms with Gasteiger partial charge in [0, 0.05) is 17.7 Å². The van der Waals surface area contributed by atoms with Crippen molar-refractivity contribution >= 4 is 18.0 Å². The van der Waals surface area contributed by atoms with Crippen LogP contribution >= 0.6 is 11.8 Å². The largest absolute Gasteiger partial charge is 0.489 e.